The molecule has 18 heavy (non-hydrogen) atoms. The molecule has 2 rings (SSSR count). The number of pyridine rings is 1. The molecular weight excluding hydrogens is 318 g/mol. The predicted octanol–water partition coefficient (Wildman–Crippen LogP) is 3.57. The van der Waals surface area contributed by atoms with Gasteiger partial charge in [-0.2, -0.15) is 0 Å². The van der Waals surface area contributed by atoms with Crippen LogP contribution in [0.15, 0.2) is 34.9 Å². The number of rotatable bonds is 3. The first kappa shape index (κ1) is 13.1. The maximum absolute atomic E-state index is 12.1. The first-order valence-corrected chi connectivity index (χ1v) is 6.57. The number of nitrogens with zero attached hydrogens (tertiary/aromatic N) is 2. The summed E-state index contributed by atoms with van der Waals surface area (Å²) in [5.74, 6) is 0.227. The molecule has 0 fully saturated rings. The van der Waals surface area contributed by atoms with Gasteiger partial charge in [-0.3, -0.25) is 4.79 Å². The van der Waals surface area contributed by atoms with Crippen molar-refractivity contribution in [1.29, 1.82) is 0 Å². The van der Waals surface area contributed by atoms with Crippen LogP contribution in [0.5, 0.6) is 0 Å². The van der Waals surface area contributed by atoms with Crippen LogP contribution in [0.2, 0.25) is 5.15 Å². The second-order valence-corrected chi connectivity index (χ2v) is 4.93. The van der Waals surface area contributed by atoms with Gasteiger partial charge in [0.25, 0.3) is 5.91 Å². The van der Waals surface area contributed by atoms with Gasteiger partial charge >= 0.3 is 0 Å². The Morgan fingerprint density at radius 1 is 1.56 bits per heavy atom. The number of aryl methyl sites for hydroxylation is 1. The molecule has 0 saturated carbocycles. The van der Waals surface area contributed by atoms with Crippen LogP contribution in [0, 0.1) is 0 Å². The summed E-state index contributed by atoms with van der Waals surface area (Å²) in [5, 5.41) is 3.06. The number of hydrogen-bond acceptors (Lipinski definition) is 2. The zero-order valence-corrected chi connectivity index (χ0v) is 12.0. The second-order valence-electron chi connectivity index (χ2n) is 3.63. The summed E-state index contributed by atoms with van der Waals surface area (Å²) >= 11 is 9.11. The monoisotopic (exact) mass is 327 g/mol. The molecule has 6 heteroatoms. The highest BCUT2D eigenvalue weighted by atomic mass is 79.9. The lowest BCUT2D eigenvalue weighted by Crippen LogP contribution is -2.17. The Morgan fingerprint density at radius 2 is 2.33 bits per heavy atom. The van der Waals surface area contributed by atoms with E-state index in [1.807, 2.05) is 17.7 Å². The standard InChI is InChI=1S/C12H11BrClN3O/c1-2-17-7-8(13)6-9(17)12(18)16-11-5-3-4-10(14)15-11/h3-7H,2H2,1H3,(H,15,16,18). The number of aromatic nitrogens is 2. The third-order valence-corrected chi connectivity index (χ3v) is 3.04. The Balaban J connectivity index is 2.21. The van der Waals surface area contributed by atoms with Crippen molar-refractivity contribution >= 4 is 39.3 Å². The minimum atomic E-state index is -0.211. The molecule has 2 heterocycles. The zero-order valence-electron chi connectivity index (χ0n) is 9.65. The van der Waals surface area contributed by atoms with Crippen molar-refractivity contribution < 1.29 is 4.79 Å². The number of carbonyl (C=O) groups excluding carboxylic acids is 1. The van der Waals surface area contributed by atoms with Crippen LogP contribution in [0.3, 0.4) is 0 Å². The molecule has 1 amide bonds. The van der Waals surface area contributed by atoms with Gasteiger partial charge in [0.15, 0.2) is 0 Å². The van der Waals surface area contributed by atoms with Crippen molar-refractivity contribution in [2.24, 2.45) is 0 Å². The zero-order chi connectivity index (χ0) is 13.1. The molecule has 0 aliphatic heterocycles. The van der Waals surface area contributed by atoms with E-state index in [0.29, 0.717) is 16.7 Å². The number of nitrogens with one attached hydrogen (secondary N) is 1. The Bertz CT molecular complexity index is 582. The van der Waals surface area contributed by atoms with E-state index in [-0.39, 0.29) is 5.91 Å². The van der Waals surface area contributed by atoms with Crippen LogP contribution in [-0.4, -0.2) is 15.5 Å². The average molecular weight is 329 g/mol. The smallest absolute Gasteiger partial charge is 0.273 e. The van der Waals surface area contributed by atoms with Crippen molar-refractivity contribution in [2.45, 2.75) is 13.5 Å². The minimum absolute atomic E-state index is 0.211. The van der Waals surface area contributed by atoms with Gasteiger partial charge in [-0.1, -0.05) is 17.7 Å². The summed E-state index contributed by atoms with van der Waals surface area (Å²) in [5.41, 5.74) is 0.575. The molecule has 2 aromatic heterocycles. The first-order chi connectivity index (χ1) is 8.60. The highest BCUT2D eigenvalue weighted by molar-refractivity contribution is 9.10. The van der Waals surface area contributed by atoms with Crippen molar-refractivity contribution in [3.63, 3.8) is 0 Å². The van der Waals surface area contributed by atoms with E-state index in [4.69, 9.17) is 11.6 Å². The average Bonchev–Trinajstić information content (AvgIpc) is 2.70. The predicted molar refractivity (Wildman–Crippen MR) is 75.0 cm³/mol. The fraction of sp³-hybridized carbons (Fsp3) is 0.167. The highest BCUT2D eigenvalue weighted by Crippen LogP contribution is 2.17. The molecule has 94 valence electrons. The molecule has 0 aromatic carbocycles. The first-order valence-electron chi connectivity index (χ1n) is 5.39. The molecular formula is C12H11BrClN3O. The molecule has 2 aromatic rings. The van der Waals surface area contributed by atoms with Gasteiger partial charge in [-0.25, -0.2) is 4.98 Å². The summed E-state index contributed by atoms with van der Waals surface area (Å²) in [4.78, 5) is 16.1. The Kier molecular flexibility index (Phi) is 4.04. The summed E-state index contributed by atoms with van der Waals surface area (Å²) in [7, 11) is 0. The van der Waals surface area contributed by atoms with Gasteiger partial charge in [0.05, 0.1) is 0 Å². The van der Waals surface area contributed by atoms with Crippen molar-refractivity contribution in [1.82, 2.24) is 9.55 Å². The third-order valence-electron chi connectivity index (χ3n) is 2.39. The second kappa shape index (κ2) is 5.54. The number of carbonyl (C=O) groups is 1. The Morgan fingerprint density at radius 3 is 3.00 bits per heavy atom. The van der Waals surface area contributed by atoms with Crippen molar-refractivity contribution in [3.05, 3.63) is 45.8 Å². The molecule has 1 N–H and O–H groups in total. The van der Waals surface area contributed by atoms with E-state index in [9.17, 15) is 4.79 Å². The fourth-order valence-electron chi connectivity index (χ4n) is 1.59. The van der Waals surface area contributed by atoms with Gasteiger partial charge in [0.2, 0.25) is 0 Å². The largest absolute Gasteiger partial charge is 0.343 e. The number of anilines is 1. The van der Waals surface area contributed by atoms with Gasteiger partial charge in [-0.15, -0.1) is 0 Å². The highest BCUT2D eigenvalue weighted by Gasteiger charge is 2.12. The van der Waals surface area contributed by atoms with Crippen LogP contribution in [-0.2, 0) is 6.54 Å². The van der Waals surface area contributed by atoms with Gasteiger partial charge < -0.3 is 9.88 Å². The van der Waals surface area contributed by atoms with E-state index >= 15 is 0 Å². The van der Waals surface area contributed by atoms with Crippen molar-refractivity contribution in [2.75, 3.05) is 5.32 Å². The lowest BCUT2D eigenvalue weighted by molar-refractivity contribution is 0.101. The molecule has 4 nitrogen and oxygen atoms in total. The molecule has 0 aliphatic rings. The summed E-state index contributed by atoms with van der Waals surface area (Å²) in [6.07, 6.45) is 1.86. The molecule has 0 bridgehead atoms. The molecule has 0 atom stereocenters. The lowest BCUT2D eigenvalue weighted by Gasteiger charge is -2.07. The minimum Gasteiger partial charge on any atom is -0.343 e. The van der Waals surface area contributed by atoms with Gasteiger partial charge in [-0.05, 0) is 41.1 Å². The summed E-state index contributed by atoms with van der Waals surface area (Å²) in [6, 6.07) is 6.85. The van der Waals surface area contributed by atoms with E-state index in [2.05, 4.69) is 26.2 Å². The van der Waals surface area contributed by atoms with Crippen molar-refractivity contribution in [3.8, 4) is 0 Å². The van der Waals surface area contributed by atoms with Crippen LogP contribution >= 0.6 is 27.5 Å². The quantitative estimate of drug-likeness (QED) is 0.876. The maximum atomic E-state index is 12.1. The molecule has 0 unspecified atom stereocenters. The fourth-order valence-corrected chi connectivity index (χ4v) is 2.21. The van der Waals surface area contributed by atoms with Gasteiger partial charge in [0.1, 0.15) is 16.7 Å². The molecule has 0 radical (unpaired) electrons. The van der Waals surface area contributed by atoms with Crippen LogP contribution in [0.1, 0.15) is 17.4 Å². The molecule has 0 saturated heterocycles. The van der Waals surface area contributed by atoms with E-state index < -0.39 is 0 Å². The van der Waals surface area contributed by atoms with Crippen LogP contribution < -0.4 is 5.32 Å². The summed E-state index contributed by atoms with van der Waals surface area (Å²) < 4.78 is 2.72. The van der Waals surface area contributed by atoms with E-state index in [1.165, 1.54) is 0 Å². The lowest BCUT2D eigenvalue weighted by atomic mass is 10.4. The SMILES string of the molecule is CCn1cc(Br)cc1C(=O)Nc1cccc(Cl)n1. The Labute approximate surface area is 118 Å². The number of amides is 1. The third kappa shape index (κ3) is 2.91. The molecule has 0 aliphatic carbocycles. The van der Waals surface area contributed by atoms with Gasteiger partial charge in [0, 0.05) is 17.2 Å². The van der Waals surface area contributed by atoms with E-state index in [1.54, 1.807) is 24.3 Å². The topological polar surface area (TPSA) is 46.9 Å². The normalized spacial score (nSPS) is 10.4. The van der Waals surface area contributed by atoms with Crippen LogP contribution in [0.25, 0.3) is 0 Å². The van der Waals surface area contributed by atoms with E-state index in [0.717, 1.165) is 11.0 Å². The number of hydrogen-bond donors (Lipinski definition) is 1. The molecule has 0 spiro atoms. The number of halogens is 2. The van der Waals surface area contributed by atoms with Crippen LogP contribution in [0.4, 0.5) is 5.82 Å². The Hall–Kier alpha value is -1.33. The summed E-state index contributed by atoms with van der Waals surface area (Å²) in [6.45, 7) is 2.69. The maximum Gasteiger partial charge on any atom is 0.273 e.